The van der Waals surface area contributed by atoms with Crippen LogP contribution in [-0.2, 0) is 11.2 Å². The normalized spacial score (nSPS) is 27.4. The van der Waals surface area contributed by atoms with Gasteiger partial charge in [-0.2, -0.15) is 0 Å². The van der Waals surface area contributed by atoms with Crippen LogP contribution >= 0.6 is 0 Å². The van der Waals surface area contributed by atoms with E-state index >= 15 is 0 Å². The Bertz CT molecular complexity index is 444. The molecular formula is C14H23N3O2. The third-order valence-corrected chi connectivity index (χ3v) is 4.23. The number of hydrogen-bond acceptors (Lipinski definition) is 3. The second-order valence-electron chi connectivity index (χ2n) is 5.39. The number of carboxylic acid groups (broad SMARTS) is 1. The van der Waals surface area contributed by atoms with Crippen molar-refractivity contribution >= 4 is 5.97 Å². The molecular weight excluding hydrogens is 242 g/mol. The Balaban J connectivity index is 2.21. The van der Waals surface area contributed by atoms with E-state index in [-0.39, 0.29) is 6.04 Å². The number of hydrogen-bond donors (Lipinski definition) is 2. The van der Waals surface area contributed by atoms with Crippen LogP contribution in [0.1, 0.15) is 50.9 Å². The van der Waals surface area contributed by atoms with Crippen molar-refractivity contribution in [1.82, 2.24) is 14.9 Å². The van der Waals surface area contributed by atoms with E-state index in [4.69, 9.17) is 0 Å². The van der Waals surface area contributed by atoms with Gasteiger partial charge in [0.2, 0.25) is 0 Å². The highest BCUT2D eigenvalue weighted by Crippen LogP contribution is 2.36. The van der Waals surface area contributed by atoms with Crippen molar-refractivity contribution in [3.8, 4) is 0 Å². The van der Waals surface area contributed by atoms with E-state index < -0.39 is 11.5 Å². The molecule has 0 saturated heterocycles. The van der Waals surface area contributed by atoms with Gasteiger partial charge in [-0.3, -0.25) is 4.79 Å². The van der Waals surface area contributed by atoms with E-state index in [1.807, 2.05) is 12.4 Å². The molecule has 1 aromatic heterocycles. The van der Waals surface area contributed by atoms with Crippen LogP contribution in [0.5, 0.6) is 0 Å². The minimum Gasteiger partial charge on any atom is -0.480 e. The number of likely N-dealkylation sites (N-methyl/N-ethyl adjacent to an activating group) is 1. The van der Waals surface area contributed by atoms with Gasteiger partial charge in [-0.15, -0.1) is 0 Å². The maximum absolute atomic E-state index is 11.5. The van der Waals surface area contributed by atoms with E-state index in [2.05, 4.69) is 21.8 Å². The first-order chi connectivity index (χ1) is 9.13. The Morgan fingerprint density at radius 3 is 3.11 bits per heavy atom. The predicted octanol–water partition coefficient (Wildman–Crippen LogP) is 1.99. The predicted molar refractivity (Wildman–Crippen MR) is 73.2 cm³/mol. The summed E-state index contributed by atoms with van der Waals surface area (Å²) in [6, 6.07) is 0.237. The second kappa shape index (κ2) is 5.74. The van der Waals surface area contributed by atoms with E-state index in [0.29, 0.717) is 12.8 Å². The smallest absolute Gasteiger partial charge is 0.323 e. The van der Waals surface area contributed by atoms with Crippen molar-refractivity contribution in [2.75, 3.05) is 7.05 Å². The molecule has 2 atom stereocenters. The number of rotatable bonds is 5. The lowest BCUT2D eigenvalue weighted by Gasteiger charge is -2.38. The van der Waals surface area contributed by atoms with Gasteiger partial charge in [0, 0.05) is 24.9 Å². The summed E-state index contributed by atoms with van der Waals surface area (Å²) in [4.78, 5) is 15.9. The fourth-order valence-electron chi connectivity index (χ4n) is 3.11. The zero-order valence-electron chi connectivity index (χ0n) is 11.7. The lowest BCUT2D eigenvalue weighted by atomic mass is 9.79. The van der Waals surface area contributed by atoms with Crippen LogP contribution in [0.15, 0.2) is 12.4 Å². The fraction of sp³-hybridized carbons (Fsp3) is 0.714. The fourth-order valence-corrected chi connectivity index (χ4v) is 3.11. The van der Waals surface area contributed by atoms with Gasteiger partial charge in [-0.25, -0.2) is 4.98 Å². The maximum Gasteiger partial charge on any atom is 0.323 e. The van der Waals surface area contributed by atoms with Gasteiger partial charge in [0.05, 0.1) is 0 Å². The average Bonchev–Trinajstić information content (AvgIpc) is 2.87. The Morgan fingerprint density at radius 1 is 1.68 bits per heavy atom. The number of aliphatic carboxylic acids is 1. The molecule has 2 rings (SSSR count). The molecule has 1 aromatic rings. The number of aryl methyl sites for hydroxylation is 1. The minimum absolute atomic E-state index is 0.237. The quantitative estimate of drug-likeness (QED) is 0.854. The van der Waals surface area contributed by atoms with Gasteiger partial charge in [0.25, 0.3) is 0 Å². The molecule has 5 heteroatoms. The summed E-state index contributed by atoms with van der Waals surface area (Å²) >= 11 is 0. The number of carboxylic acids is 1. The number of aromatic nitrogens is 2. The van der Waals surface area contributed by atoms with Crippen LogP contribution in [0.2, 0.25) is 0 Å². The number of nitrogens with one attached hydrogen (secondary N) is 1. The van der Waals surface area contributed by atoms with E-state index in [1.54, 1.807) is 7.05 Å². The van der Waals surface area contributed by atoms with E-state index in [0.717, 1.165) is 31.5 Å². The van der Waals surface area contributed by atoms with E-state index in [9.17, 15) is 9.90 Å². The minimum atomic E-state index is -0.781. The standard InChI is InChI=1S/C14H23N3O2/c1-3-5-12-16-8-9-17(12)11-6-4-7-14(10-11,15-2)13(18)19/h8-9,11,15H,3-7,10H2,1-2H3,(H,18,19). The molecule has 1 heterocycles. The molecule has 19 heavy (non-hydrogen) atoms. The Kier molecular flexibility index (Phi) is 4.24. The topological polar surface area (TPSA) is 67.2 Å². The van der Waals surface area contributed by atoms with Gasteiger partial charge in [-0.05, 0) is 39.2 Å². The average molecular weight is 265 g/mol. The van der Waals surface area contributed by atoms with Crippen molar-refractivity contribution in [3.63, 3.8) is 0 Å². The molecule has 0 spiro atoms. The first-order valence-electron chi connectivity index (χ1n) is 7.07. The molecule has 1 saturated carbocycles. The van der Waals surface area contributed by atoms with Crippen LogP contribution in [-0.4, -0.2) is 33.2 Å². The van der Waals surface area contributed by atoms with Gasteiger partial charge in [-0.1, -0.05) is 6.92 Å². The van der Waals surface area contributed by atoms with Gasteiger partial charge >= 0.3 is 5.97 Å². The highest BCUT2D eigenvalue weighted by atomic mass is 16.4. The summed E-state index contributed by atoms with van der Waals surface area (Å²) in [5, 5.41) is 12.5. The van der Waals surface area contributed by atoms with Crippen LogP contribution in [0.3, 0.4) is 0 Å². The number of imidazole rings is 1. The summed E-state index contributed by atoms with van der Waals surface area (Å²) in [5.41, 5.74) is -0.781. The summed E-state index contributed by atoms with van der Waals surface area (Å²) in [6.07, 6.45) is 9.11. The summed E-state index contributed by atoms with van der Waals surface area (Å²) in [7, 11) is 1.75. The lowest BCUT2D eigenvalue weighted by molar-refractivity contribution is -0.146. The highest BCUT2D eigenvalue weighted by Gasteiger charge is 2.42. The molecule has 1 aliphatic rings. The Labute approximate surface area is 114 Å². The largest absolute Gasteiger partial charge is 0.480 e. The first kappa shape index (κ1) is 14.1. The van der Waals surface area contributed by atoms with Crippen LogP contribution in [0.4, 0.5) is 0 Å². The molecule has 2 unspecified atom stereocenters. The van der Waals surface area contributed by atoms with Gasteiger partial charge in [0.15, 0.2) is 0 Å². The van der Waals surface area contributed by atoms with Crippen molar-refractivity contribution in [2.45, 2.75) is 57.0 Å². The van der Waals surface area contributed by atoms with Crippen molar-refractivity contribution in [3.05, 3.63) is 18.2 Å². The first-order valence-corrected chi connectivity index (χ1v) is 7.07. The van der Waals surface area contributed by atoms with Gasteiger partial charge < -0.3 is 15.0 Å². The molecule has 5 nitrogen and oxygen atoms in total. The number of carbonyl (C=O) groups is 1. The molecule has 0 aliphatic heterocycles. The zero-order valence-corrected chi connectivity index (χ0v) is 11.7. The molecule has 106 valence electrons. The highest BCUT2D eigenvalue weighted by molar-refractivity contribution is 5.79. The SMILES string of the molecule is CCCc1nccn1C1CCCC(NC)(C(=O)O)C1. The van der Waals surface area contributed by atoms with Crippen molar-refractivity contribution in [1.29, 1.82) is 0 Å². The van der Waals surface area contributed by atoms with Crippen molar-refractivity contribution < 1.29 is 9.90 Å². The molecule has 1 aliphatic carbocycles. The molecule has 0 bridgehead atoms. The van der Waals surface area contributed by atoms with Crippen LogP contribution < -0.4 is 5.32 Å². The van der Waals surface area contributed by atoms with E-state index in [1.165, 1.54) is 0 Å². The third kappa shape index (κ3) is 2.66. The zero-order chi connectivity index (χ0) is 13.9. The van der Waals surface area contributed by atoms with Gasteiger partial charge in [0.1, 0.15) is 11.4 Å². The molecule has 0 amide bonds. The molecule has 2 N–H and O–H groups in total. The molecule has 1 fully saturated rings. The molecule has 0 aromatic carbocycles. The summed E-state index contributed by atoms with van der Waals surface area (Å²) < 4.78 is 2.18. The van der Waals surface area contributed by atoms with Crippen LogP contribution in [0.25, 0.3) is 0 Å². The third-order valence-electron chi connectivity index (χ3n) is 4.23. The van der Waals surface area contributed by atoms with Crippen LogP contribution in [0, 0.1) is 0 Å². The second-order valence-corrected chi connectivity index (χ2v) is 5.39. The molecule has 0 radical (unpaired) electrons. The monoisotopic (exact) mass is 265 g/mol. The Morgan fingerprint density at radius 2 is 2.47 bits per heavy atom. The van der Waals surface area contributed by atoms with Crippen molar-refractivity contribution in [2.24, 2.45) is 0 Å². The number of nitrogens with zero attached hydrogens (tertiary/aromatic N) is 2. The lowest BCUT2D eigenvalue weighted by Crippen LogP contribution is -2.53. The Hall–Kier alpha value is -1.36. The summed E-state index contributed by atoms with van der Waals surface area (Å²) in [6.45, 7) is 2.13. The summed E-state index contributed by atoms with van der Waals surface area (Å²) in [5.74, 6) is 0.335. The maximum atomic E-state index is 11.5.